The summed E-state index contributed by atoms with van der Waals surface area (Å²) < 4.78 is 1.97. The summed E-state index contributed by atoms with van der Waals surface area (Å²) in [7, 11) is 3.63. The smallest absolute Gasteiger partial charge is 0.259 e. The van der Waals surface area contributed by atoms with E-state index in [9.17, 15) is 4.79 Å². The molecule has 1 amide bonds. The first-order valence-electron chi connectivity index (χ1n) is 9.37. The minimum absolute atomic E-state index is 0.141. The molecule has 0 bridgehead atoms. The zero-order chi connectivity index (χ0) is 21.3. The molecule has 4 rings (SSSR count). The maximum absolute atomic E-state index is 12.7. The number of benzene rings is 2. The van der Waals surface area contributed by atoms with Gasteiger partial charge in [-0.15, -0.1) is 0 Å². The van der Waals surface area contributed by atoms with Crippen molar-refractivity contribution in [3.63, 3.8) is 0 Å². The van der Waals surface area contributed by atoms with E-state index in [0.29, 0.717) is 28.6 Å². The summed E-state index contributed by atoms with van der Waals surface area (Å²) in [6, 6.07) is 16.5. The highest BCUT2D eigenvalue weighted by atomic mass is 35.5. The molecule has 7 nitrogen and oxygen atoms in total. The van der Waals surface area contributed by atoms with Crippen LogP contribution in [-0.2, 0) is 13.6 Å². The molecular weight excluding hydrogens is 400 g/mol. The minimum atomic E-state index is -0.141. The molecule has 0 atom stereocenters. The van der Waals surface area contributed by atoms with E-state index < -0.39 is 0 Å². The number of aromatic nitrogens is 3. The van der Waals surface area contributed by atoms with Crippen molar-refractivity contribution in [1.29, 1.82) is 0 Å². The molecule has 0 unspecified atom stereocenters. The highest BCUT2D eigenvalue weighted by Crippen LogP contribution is 2.21. The number of pyridine rings is 1. The van der Waals surface area contributed by atoms with Gasteiger partial charge in [-0.05, 0) is 48.0 Å². The molecule has 0 radical (unpaired) electrons. The van der Waals surface area contributed by atoms with E-state index >= 15 is 0 Å². The standard InChI is InChI=1S/C22H21ClN6O/c1-28-19-11-17(24)8-9-18(19)27-22(28)26-12-14-3-5-15(6-4-14)21(30)29(2)20-10-7-16(23)13-25-20/h3-11,13H,12,24H2,1-2H3,(H,26,27). The zero-order valence-corrected chi connectivity index (χ0v) is 17.4. The van der Waals surface area contributed by atoms with Crippen LogP contribution in [0.15, 0.2) is 60.8 Å². The van der Waals surface area contributed by atoms with Gasteiger partial charge in [0, 0.05) is 38.1 Å². The van der Waals surface area contributed by atoms with Crippen LogP contribution in [0.4, 0.5) is 17.5 Å². The van der Waals surface area contributed by atoms with Gasteiger partial charge in [-0.25, -0.2) is 9.97 Å². The van der Waals surface area contributed by atoms with Gasteiger partial charge >= 0.3 is 0 Å². The molecule has 0 aliphatic carbocycles. The molecule has 2 heterocycles. The largest absolute Gasteiger partial charge is 0.399 e. The van der Waals surface area contributed by atoms with Crippen molar-refractivity contribution in [3.05, 3.63) is 76.9 Å². The van der Waals surface area contributed by atoms with Crippen molar-refractivity contribution in [3.8, 4) is 0 Å². The number of fused-ring (bicyclic) bond motifs is 1. The van der Waals surface area contributed by atoms with Crippen molar-refractivity contribution >= 4 is 46.0 Å². The van der Waals surface area contributed by atoms with Crippen LogP contribution < -0.4 is 16.0 Å². The van der Waals surface area contributed by atoms with E-state index in [1.807, 2.05) is 41.9 Å². The van der Waals surface area contributed by atoms with Crippen LogP contribution in [0.1, 0.15) is 15.9 Å². The second kappa shape index (κ2) is 8.04. The number of carbonyl (C=O) groups excluding carboxylic acids is 1. The number of nitrogen functional groups attached to an aromatic ring is 1. The first kappa shape index (κ1) is 19.7. The summed E-state index contributed by atoms with van der Waals surface area (Å²) in [5, 5.41) is 3.86. The van der Waals surface area contributed by atoms with Crippen LogP contribution in [0, 0.1) is 0 Å². The number of hydrogen-bond acceptors (Lipinski definition) is 5. The van der Waals surface area contributed by atoms with Gasteiger partial charge in [0.2, 0.25) is 5.95 Å². The van der Waals surface area contributed by atoms with Gasteiger partial charge in [0.1, 0.15) is 5.82 Å². The molecule has 0 aliphatic rings. The van der Waals surface area contributed by atoms with Gasteiger partial charge in [-0.2, -0.15) is 0 Å². The lowest BCUT2D eigenvalue weighted by Gasteiger charge is -2.16. The average Bonchev–Trinajstić information content (AvgIpc) is 3.07. The highest BCUT2D eigenvalue weighted by molar-refractivity contribution is 6.30. The minimum Gasteiger partial charge on any atom is -0.399 e. The van der Waals surface area contributed by atoms with Crippen LogP contribution in [0.25, 0.3) is 11.0 Å². The molecule has 4 aromatic rings. The van der Waals surface area contributed by atoms with Crippen LogP contribution in [-0.4, -0.2) is 27.5 Å². The summed E-state index contributed by atoms with van der Waals surface area (Å²) in [4.78, 5) is 23.0. The van der Waals surface area contributed by atoms with Gasteiger partial charge < -0.3 is 15.6 Å². The molecule has 0 saturated heterocycles. The van der Waals surface area contributed by atoms with E-state index in [0.717, 1.165) is 22.5 Å². The van der Waals surface area contributed by atoms with E-state index in [-0.39, 0.29) is 5.91 Å². The monoisotopic (exact) mass is 420 g/mol. The number of carbonyl (C=O) groups is 1. The summed E-state index contributed by atoms with van der Waals surface area (Å²) in [5.41, 5.74) is 10.0. The Kier molecular flexibility index (Phi) is 5.29. The van der Waals surface area contributed by atoms with Crippen molar-refractivity contribution in [1.82, 2.24) is 14.5 Å². The molecule has 2 aromatic carbocycles. The maximum atomic E-state index is 12.7. The molecule has 0 saturated carbocycles. The van der Waals surface area contributed by atoms with Gasteiger partial charge in [0.05, 0.1) is 16.1 Å². The van der Waals surface area contributed by atoms with Crippen LogP contribution >= 0.6 is 11.6 Å². The van der Waals surface area contributed by atoms with Crippen molar-refractivity contribution in [2.45, 2.75) is 6.54 Å². The van der Waals surface area contributed by atoms with Crippen molar-refractivity contribution < 1.29 is 4.79 Å². The zero-order valence-electron chi connectivity index (χ0n) is 16.6. The number of aryl methyl sites for hydroxylation is 1. The maximum Gasteiger partial charge on any atom is 0.259 e. The fourth-order valence-electron chi connectivity index (χ4n) is 3.18. The predicted octanol–water partition coefficient (Wildman–Crippen LogP) is 4.09. The lowest BCUT2D eigenvalue weighted by Crippen LogP contribution is -2.27. The molecule has 3 N–H and O–H groups in total. The average molecular weight is 421 g/mol. The lowest BCUT2D eigenvalue weighted by molar-refractivity contribution is 0.0992. The number of hydrogen-bond donors (Lipinski definition) is 2. The van der Waals surface area contributed by atoms with E-state index in [4.69, 9.17) is 17.3 Å². The van der Waals surface area contributed by atoms with Gasteiger partial charge in [-0.1, -0.05) is 23.7 Å². The first-order valence-corrected chi connectivity index (χ1v) is 9.74. The third-order valence-electron chi connectivity index (χ3n) is 4.92. The molecule has 30 heavy (non-hydrogen) atoms. The summed E-state index contributed by atoms with van der Waals surface area (Å²) in [6.45, 7) is 0.579. The number of anilines is 3. The van der Waals surface area contributed by atoms with Crippen molar-refractivity contribution in [2.75, 3.05) is 23.0 Å². The van der Waals surface area contributed by atoms with E-state index in [1.54, 1.807) is 31.3 Å². The van der Waals surface area contributed by atoms with Crippen LogP contribution in [0.3, 0.4) is 0 Å². The Morgan fingerprint density at radius 1 is 1.17 bits per heavy atom. The second-order valence-electron chi connectivity index (χ2n) is 6.99. The Bertz CT molecular complexity index is 1200. The summed E-state index contributed by atoms with van der Waals surface area (Å²) >= 11 is 5.86. The third kappa shape index (κ3) is 3.92. The third-order valence-corrected chi connectivity index (χ3v) is 5.14. The predicted molar refractivity (Wildman–Crippen MR) is 121 cm³/mol. The van der Waals surface area contributed by atoms with Gasteiger partial charge in [-0.3, -0.25) is 9.69 Å². The fraction of sp³-hybridized carbons (Fsp3) is 0.136. The Hall–Kier alpha value is -3.58. The van der Waals surface area contributed by atoms with Crippen LogP contribution in [0.5, 0.6) is 0 Å². The quantitative estimate of drug-likeness (QED) is 0.474. The normalized spacial score (nSPS) is 10.9. The van der Waals surface area contributed by atoms with E-state index in [2.05, 4.69) is 15.3 Å². The summed E-state index contributed by atoms with van der Waals surface area (Å²) in [6.07, 6.45) is 1.52. The number of nitrogens with two attached hydrogens (primary N) is 1. The van der Waals surface area contributed by atoms with E-state index in [1.165, 1.54) is 11.1 Å². The highest BCUT2D eigenvalue weighted by Gasteiger charge is 2.14. The molecule has 0 aliphatic heterocycles. The molecule has 0 fully saturated rings. The Balaban J connectivity index is 1.44. The number of rotatable bonds is 5. The number of nitrogens with one attached hydrogen (secondary N) is 1. The molecule has 2 aromatic heterocycles. The van der Waals surface area contributed by atoms with Crippen molar-refractivity contribution in [2.24, 2.45) is 7.05 Å². The Labute approximate surface area is 179 Å². The lowest BCUT2D eigenvalue weighted by atomic mass is 10.1. The Morgan fingerprint density at radius 2 is 1.93 bits per heavy atom. The molecule has 152 valence electrons. The number of amides is 1. The Morgan fingerprint density at radius 3 is 2.63 bits per heavy atom. The molecular formula is C22H21ClN6O. The van der Waals surface area contributed by atoms with Gasteiger partial charge in [0.15, 0.2) is 0 Å². The topological polar surface area (TPSA) is 89.1 Å². The number of nitrogens with zero attached hydrogens (tertiary/aromatic N) is 4. The number of halogens is 1. The first-order chi connectivity index (χ1) is 14.4. The van der Waals surface area contributed by atoms with Crippen LogP contribution in [0.2, 0.25) is 5.02 Å². The SMILES string of the molecule is CN(C(=O)c1ccc(CNc2nc3ccc(N)cc3n2C)cc1)c1ccc(Cl)cn1. The second-order valence-corrected chi connectivity index (χ2v) is 7.43. The summed E-state index contributed by atoms with van der Waals surface area (Å²) in [5.74, 6) is 1.15. The fourth-order valence-corrected chi connectivity index (χ4v) is 3.29. The molecule has 8 heteroatoms. The molecule has 0 spiro atoms. The number of imidazole rings is 1. The van der Waals surface area contributed by atoms with Gasteiger partial charge in [0.25, 0.3) is 5.91 Å².